The summed E-state index contributed by atoms with van der Waals surface area (Å²) in [6.07, 6.45) is 1.12. The van der Waals surface area contributed by atoms with E-state index in [1.807, 2.05) is 6.92 Å². The Balaban J connectivity index is 2.92. The van der Waals surface area contributed by atoms with Gasteiger partial charge in [0.15, 0.2) is 5.82 Å². The highest BCUT2D eigenvalue weighted by Crippen LogP contribution is 2.13. The van der Waals surface area contributed by atoms with Crippen LogP contribution in [0.5, 0.6) is 0 Å². The first-order chi connectivity index (χ1) is 6.15. The molecule has 13 heavy (non-hydrogen) atoms. The Labute approximate surface area is 77.6 Å². The van der Waals surface area contributed by atoms with E-state index < -0.39 is 6.10 Å². The van der Waals surface area contributed by atoms with Gasteiger partial charge in [-0.3, -0.25) is 0 Å². The molecular weight excluding hydrogens is 168 g/mol. The van der Waals surface area contributed by atoms with Crippen LogP contribution in [0.4, 0.5) is 0 Å². The van der Waals surface area contributed by atoms with Crippen molar-refractivity contribution < 1.29 is 9.84 Å². The molecule has 0 saturated carbocycles. The highest BCUT2D eigenvalue weighted by Gasteiger charge is 2.07. The van der Waals surface area contributed by atoms with Crippen molar-refractivity contribution in [3.05, 3.63) is 23.3 Å². The summed E-state index contributed by atoms with van der Waals surface area (Å²) in [5.74, 6) is 0.643. The monoisotopic (exact) mass is 182 g/mol. The molecule has 1 N–H and O–H groups in total. The summed E-state index contributed by atoms with van der Waals surface area (Å²) in [4.78, 5) is 8.24. The molecular formula is C9H14N2O2. The molecule has 1 rings (SSSR count). The van der Waals surface area contributed by atoms with Crippen molar-refractivity contribution in [2.45, 2.75) is 26.6 Å². The molecule has 4 nitrogen and oxygen atoms in total. The molecule has 4 heteroatoms. The second kappa shape index (κ2) is 4.30. The Hall–Kier alpha value is -1.00. The minimum absolute atomic E-state index is 0.404. The number of aliphatic hydroxyl groups excluding tert-OH is 1. The number of hydrogen-bond donors (Lipinski definition) is 1. The third-order valence-electron chi connectivity index (χ3n) is 1.79. The summed E-state index contributed by atoms with van der Waals surface area (Å²) < 4.78 is 4.90. The van der Waals surface area contributed by atoms with Gasteiger partial charge in [-0.25, -0.2) is 9.97 Å². The Bertz CT molecular complexity index is 287. The van der Waals surface area contributed by atoms with Gasteiger partial charge >= 0.3 is 0 Å². The van der Waals surface area contributed by atoms with Crippen LogP contribution in [0.15, 0.2) is 6.20 Å². The Kier molecular flexibility index (Phi) is 3.33. The van der Waals surface area contributed by atoms with Gasteiger partial charge in [-0.1, -0.05) is 0 Å². The molecule has 0 unspecified atom stereocenters. The second-order valence-corrected chi connectivity index (χ2v) is 2.94. The van der Waals surface area contributed by atoms with Crippen LogP contribution in [0.25, 0.3) is 0 Å². The molecule has 0 radical (unpaired) electrons. The molecule has 72 valence electrons. The normalized spacial score (nSPS) is 12.9. The van der Waals surface area contributed by atoms with E-state index in [9.17, 15) is 5.11 Å². The highest BCUT2D eigenvalue weighted by molar-refractivity contribution is 5.18. The average Bonchev–Trinajstić information content (AvgIpc) is 2.04. The van der Waals surface area contributed by atoms with Crippen LogP contribution < -0.4 is 0 Å². The van der Waals surface area contributed by atoms with Crippen molar-refractivity contribution in [1.82, 2.24) is 9.97 Å². The van der Waals surface area contributed by atoms with E-state index in [1.165, 1.54) is 0 Å². The zero-order valence-corrected chi connectivity index (χ0v) is 8.11. The van der Waals surface area contributed by atoms with Gasteiger partial charge < -0.3 is 9.84 Å². The van der Waals surface area contributed by atoms with Gasteiger partial charge in [0.25, 0.3) is 0 Å². The van der Waals surface area contributed by atoms with E-state index in [2.05, 4.69) is 9.97 Å². The largest absolute Gasteiger partial charge is 0.389 e. The fourth-order valence-corrected chi connectivity index (χ4v) is 1.13. The Morgan fingerprint density at radius 1 is 1.62 bits per heavy atom. The number of ether oxygens (including phenoxy) is 1. The molecule has 0 fully saturated rings. The van der Waals surface area contributed by atoms with E-state index in [1.54, 1.807) is 20.2 Å². The summed E-state index contributed by atoms with van der Waals surface area (Å²) in [6.45, 7) is 3.95. The minimum Gasteiger partial charge on any atom is -0.389 e. The van der Waals surface area contributed by atoms with Gasteiger partial charge in [-0.15, -0.1) is 0 Å². The second-order valence-electron chi connectivity index (χ2n) is 2.94. The first-order valence-corrected chi connectivity index (χ1v) is 4.14. The van der Waals surface area contributed by atoms with E-state index in [0.29, 0.717) is 12.4 Å². The molecule has 0 aromatic carbocycles. The number of hydrogen-bond acceptors (Lipinski definition) is 4. The zero-order chi connectivity index (χ0) is 9.84. The lowest BCUT2D eigenvalue weighted by atomic mass is 10.1. The molecule has 1 atom stereocenters. The molecule has 0 amide bonds. The fourth-order valence-electron chi connectivity index (χ4n) is 1.13. The standard InChI is InChI=1S/C9H14N2O2/c1-6-8(7(2)12)4-10-9(11-6)5-13-3/h4,7,12H,5H2,1-3H3/t7-/m1/s1. The van der Waals surface area contributed by atoms with Crippen molar-refractivity contribution in [2.75, 3.05) is 7.11 Å². The first-order valence-electron chi connectivity index (χ1n) is 4.14. The van der Waals surface area contributed by atoms with E-state index in [0.717, 1.165) is 11.3 Å². The maximum atomic E-state index is 9.31. The fraction of sp³-hybridized carbons (Fsp3) is 0.556. The summed E-state index contributed by atoms with van der Waals surface area (Å²) in [6, 6.07) is 0. The Morgan fingerprint density at radius 2 is 2.31 bits per heavy atom. The summed E-state index contributed by atoms with van der Waals surface area (Å²) in [5, 5.41) is 9.31. The van der Waals surface area contributed by atoms with E-state index in [4.69, 9.17) is 4.74 Å². The predicted molar refractivity (Wildman–Crippen MR) is 48.1 cm³/mol. The number of aromatic nitrogens is 2. The number of rotatable bonds is 3. The summed E-state index contributed by atoms with van der Waals surface area (Å²) >= 11 is 0. The predicted octanol–water partition coefficient (Wildman–Crippen LogP) is 0.985. The maximum Gasteiger partial charge on any atom is 0.154 e. The van der Waals surface area contributed by atoms with Crippen LogP contribution in [0, 0.1) is 6.92 Å². The van der Waals surface area contributed by atoms with Crippen molar-refractivity contribution in [2.24, 2.45) is 0 Å². The highest BCUT2D eigenvalue weighted by atomic mass is 16.5. The van der Waals surface area contributed by atoms with Crippen molar-refractivity contribution in [3.63, 3.8) is 0 Å². The number of aryl methyl sites for hydroxylation is 1. The third-order valence-corrected chi connectivity index (χ3v) is 1.79. The smallest absolute Gasteiger partial charge is 0.154 e. The van der Waals surface area contributed by atoms with Gasteiger partial charge in [0.05, 0.1) is 6.10 Å². The van der Waals surface area contributed by atoms with Gasteiger partial charge in [-0.05, 0) is 13.8 Å². The number of methoxy groups -OCH3 is 1. The molecule has 0 bridgehead atoms. The van der Waals surface area contributed by atoms with Crippen LogP contribution in [0.3, 0.4) is 0 Å². The van der Waals surface area contributed by atoms with E-state index >= 15 is 0 Å². The van der Waals surface area contributed by atoms with Gasteiger partial charge in [-0.2, -0.15) is 0 Å². The molecule has 0 aliphatic rings. The van der Waals surface area contributed by atoms with Crippen molar-refractivity contribution in [3.8, 4) is 0 Å². The number of nitrogens with zero attached hydrogens (tertiary/aromatic N) is 2. The molecule has 1 heterocycles. The average molecular weight is 182 g/mol. The van der Waals surface area contributed by atoms with Crippen LogP contribution >= 0.6 is 0 Å². The molecule has 1 aromatic heterocycles. The molecule has 0 saturated heterocycles. The van der Waals surface area contributed by atoms with Gasteiger partial charge in [0.2, 0.25) is 0 Å². The quantitative estimate of drug-likeness (QED) is 0.757. The maximum absolute atomic E-state index is 9.31. The lowest BCUT2D eigenvalue weighted by Crippen LogP contribution is -2.04. The van der Waals surface area contributed by atoms with Gasteiger partial charge in [0, 0.05) is 24.6 Å². The van der Waals surface area contributed by atoms with Crippen LogP contribution in [0.1, 0.15) is 30.1 Å². The lowest BCUT2D eigenvalue weighted by molar-refractivity contribution is 0.176. The molecule has 1 aromatic rings. The first kappa shape index (κ1) is 10.1. The Morgan fingerprint density at radius 3 is 2.77 bits per heavy atom. The molecule has 0 aliphatic carbocycles. The zero-order valence-electron chi connectivity index (χ0n) is 8.11. The van der Waals surface area contributed by atoms with Crippen molar-refractivity contribution >= 4 is 0 Å². The van der Waals surface area contributed by atoms with Crippen molar-refractivity contribution in [1.29, 1.82) is 0 Å². The van der Waals surface area contributed by atoms with E-state index in [-0.39, 0.29) is 0 Å². The number of aliphatic hydroxyl groups is 1. The van der Waals surface area contributed by atoms with Crippen LogP contribution in [-0.2, 0) is 11.3 Å². The minimum atomic E-state index is -0.517. The lowest BCUT2D eigenvalue weighted by Gasteiger charge is -2.08. The third kappa shape index (κ3) is 2.47. The van der Waals surface area contributed by atoms with Gasteiger partial charge in [0.1, 0.15) is 6.61 Å². The summed E-state index contributed by atoms with van der Waals surface area (Å²) in [7, 11) is 1.60. The molecule has 0 aliphatic heterocycles. The van der Waals surface area contributed by atoms with Crippen LogP contribution in [-0.4, -0.2) is 22.2 Å². The summed E-state index contributed by atoms with van der Waals surface area (Å²) in [5.41, 5.74) is 1.57. The SMILES string of the molecule is COCc1ncc([C@@H](C)O)c(C)n1. The van der Waals surface area contributed by atoms with Crippen LogP contribution in [0.2, 0.25) is 0 Å². The topological polar surface area (TPSA) is 55.2 Å². The molecule has 0 spiro atoms.